The van der Waals surface area contributed by atoms with Crippen molar-refractivity contribution in [1.82, 2.24) is 15.3 Å². The second-order valence-corrected chi connectivity index (χ2v) is 16.5. The number of hydrogen-bond donors (Lipinski definition) is 3. The Morgan fingerprint density at radius 3 is 2.19 bits per heavy atom. The van der Waals surface area contributed by atoms with Crippen molar-refractivity contribution in [1.29, 1.82) is 0 Å². The Balaban J connectivity index is 0.000000447. The number of benzene rings is 1. The molecular weight excluding hydrogens is 737 g/mol. The highest BCUT2D eigenvalue weighted by atomic mass is 32.1. The minimum atomic E-state index is -0.773. The van der Waals surface area contributed by atoms with Crippen LogP contribution in [0.15, 0.2) is 30.3 Å². The van der Waals surface area contributed by atoms with Crippen LogP contribution in [0.5, 0.6) is 0 Å². The number of rotatable bonds is 20. The van der Waals surface area contributed by atoms with E-state index >= 15 is 0 Å². The average molecular weight is 809 g/mol. The topological polar surface area (TPSA) is 155 Å². The summed E-state index contributed by atoms with van der Waals surface area (Å²) in [5.41, 5.74) is 4.47. The lowest BCUT2D eigenvalue weighted by Crippen LogP contribution is -2.30. The van der Waals surface area contributed by atoms with E-state index < -0.39 is 5.97 Å². The summed E-state index contributed by atoms with van der Waals surface area (Å²) in [6, 6.07) is 10.2. The Hall–Kier alpha value is -3.99. The highest BCUT2D eigenvalue weighted by molar-refractivity contribution is 7.20. The van der Waals surface area contributed by atoms with Gasteiger partial charge in [-0.3, -0.25) is 19.2 Å². The van der Waals surface area contributed by atoms with Crippen molar-refractivity contribution in [3.05, 3.63) is 52.2 Å². The molecule has 318 valence electrons. The number of fused-ring (bicyclic) bond motifs is 2. The molecule has 57 heavy (non-hydrogen) atoms. The maximum absolute atomic E-state index is 12.0. The van der Waals surface area contributed by atoms with Crippen LogP contribution >= 0.6 is 11.3 Å². The third kappa shape index (κ3) is 21.9. The van der Waals surface area contributed by atoms with E-state index in [2.05, 4.69) is 53.5 Å². The molecule has 1 aliphatic heterocycles. The number of thiazole rings is 1. The zero-order valence-electron chi connectivity index (χ0n) is 36.4. The standard InChI is InChI=1S/C21H33N3O3.C10H9NOS.C9H16O2.C6H14/c1-3-15(2)18(21(26)27)12-14-22-19(25)9-5-4-8-17-11-10-16-7-6-13-23-20(16)24-17;1-6-4-3-5-8-9(6)13-10(11-8)7(2)12;1-3-5-9(11)7-4-6-8(2)10;1-4-5-6(2)3/h10-11,15,18H,3-9,12-14H2,1-2H3,(H,22,25)(H,23,24)(H,26,27);3-5H,1-2H3;3-7H2,1-2H3;6H,4-5H2,1-3H3. The van der Waals surface area contributed by atoms with Gasteiger partial charge in [-0.15, -0.1) is 11.3 Å². The highest BCUT2D eigenvalue weighted by Crippen LogP contribution is 2.25. The molecule has 3 N–H and O–H groups in total. The smallest absolute Gasteiger partial charge is 0.306 e. The number of aryl methyl sites for hydroxylation is 3. The largest absolute Gasteiger partial charge is 0.481 e. The van der Waals surface area contributed by atoms with Gasteiger partial charge in [0.1, 0.15) is 17.4 Å². The van der Waals surface area contributed by atoms with Crippen molar-refractivity contribution in [2.24, 2.45) is 17.8 Å². The summed E-state index contributed by atoms with van der Waals surface area (Å²) in [5, 5.41) is 16.1. The van der Waals surface area contributed by atoms with Crippen molar-refractivity contribution in [2.75, 3.05) is 18.4 Å². The van der Waals surface area contributed by atoms with Crippen LogP contribution in [-0.4, -0.2) is 57.4 Å². The molecule has 1 aliphatic rings. The maximum Gasteiger partial charge on any atom is 0.306 e. The van der Waals surface area contributed by atoms with E-state index in [4.69, 9.17) is 0 Å². The fourth-order valence-corrected chi connectivity index (χ4v) is 7.17. The van der Waals surface area contributed by atoms with Gasteiger partial charge in [-0.2, -0.15) is 0 Å². The molecule has 3 heterocycles. The summed E-state index contributed by atoms with van der Waals surface area (Å²) in [5.74, 6) is 1.38. The molecule has 1 amide bonds. The fourth-order valence-electron chi connectivity index (χ4n) is 6.24. The number of hydrogen-bond acceptors (Lipinski definition) is 9. The van der Waals surface area contributed by atoms with Crippen LogP contribution in [0.3, 0.4) is 0 Å². The monoisotopic (exact) mass is 809 g/mol. The molecule has 2 unspecified atom stereocenters. The summed E-state index contributed by atoms with van der Waals surface area (Å²) in [4.78, 5) is 64.6. The number of aliphatic carboxylic acids is 1. The first-order chi connectivity index (χ1) is 27.1. The van der Waals surface area contributed by atoms with Crippen molar-refractivity contribution in [3.63, 3.8) is 0 Å². The second kappa shape index (κ2) is 29.3. The number of carboxylic acids is 1. The van der Waals surface area contributed by atoms with E-state index in [1.165, 1.54) is 35.3 Å². The number of anilines is 1. The van der Waals surface area contributed by atoms with Gasteiger partial charge in [-0.25, -0.2) is 9.97 Å². The van der Waals surface area contributed by atoms with E-state index in [-0.39, 0.29) is 35.1 Å². The molecule has 0 spiro atoms. The van der Waals surface area contributed by atoms with Gasteiger partial charge >= 0.3 is 5.97 Å². The molecule has 1 aromatic carbocycles. The van der Waals surface area contributed by atoms with Crippen LogP contribution in [0.4, 0.5) is 5.82 Å². The van der Waals surface area contributed by atoms with Gasteiger partial charge in [0.2, 0.25) is 5.91 Å². The molecule has 0 fully saturated rings. The molecule has 10 nitrogen and oxygen atoms in total. The van der Waals surface area contributed by atoms with Gasteiger partial charge in [-0.05, 0) is 100 Å². The van der Waals surface area contributed by atoms with Crippen molar-refractivity contribution in [3.8, 4) is 0 Å². The third-order valence-corrected chi connectivity index (χ3v) is 11.1. The summed E-state index contributed by atoms with van der Waals surface area (Å²) >= 11 is 1.47. The Morgan fingerprint density at radius 1 is 0.877 bits per heavy atom. The number of ketones is 3. The second-order valence-electron chi connectivity index (χ2n) is 15.5. The number of nitrogens with zero attached hydrogens (tertiary/aromatic N) is 2. The third-order valence-electron chi connectivity index (χ3n) is 9.76. The lowest BCUT2D eigenvalue weighted by atomic mass is 9.89. The molecule has 0 saturated carbocycles. The molecule has 0 aliphatic carbocycles. The molecule has 4 rings (SSSR count). The van der Waals surface area contributed by atoms with Crippen molar-refractivity contribution in [2.45, 2.75) is 159 Å². The predicted molar refractivity (Wildman–Crippen MR) is 235 cm³/mol. The number of nitrogens with one attached hydrogen (secondary N) is 2. The summed E-state index contributed by atoms with van der Waals surface area (Å²) in [6.45, 7) is 19.2. The average Bonchev–Trinajstić information content (AvgIpc) is 3.62. The molecule has 2 aromatic heterocycles. The van der Waals surface area contributed by atoms with Gasteiger partial charge in [-0.1, -0.05) is 79.0 Å². The zero-order valence-corrected chi connectivity index (χ0v) is 37.2. The summed E-state index contributed by atoms with van der Waals surface area (Å²) in [7, 11) is 0. The maximum atomic E-state index is 12.0. The van der Waals surface area contributed by atoms with Crippen LogP contribution in [0, 0.1) is 24.7 Å². The van der Waals surface area contributed by atoms with E-state index in [1.54, 1.807) is 13.8 Å². The molecule has 11 heteroatoms. The summed E-state index contributed by atoms with van der Waals surface area (Å²) in [6.07, 6.45) is 12.8. The van der Waals surface area contributed by atoms with Crippen LogP contribution in [0.2, 0.25) is 0 Å². The highest BCUT2D eigenvalue weighted by Gasteiger charge is 2.23. The number of carboxylic acid groups (broad SMARTS) is 1. The summed E-state index contributed by atoms with van der Waals surface area (Å²) < 4.78 is 1.12. The normalized spacial score (nSPS) is 12.6. The van der Waals surface area contributed by atoms with Gasteiger partial charge < -0.3 is 20.5 Å². The van der Waals surface area contributed by atoms with E-state index in [0.717, 1.165) is 85.6 Å². The predicted octanol–water partition coefficient (Wildman–Crippen LogP) is 10.8. The zero-order chi connectivity index (χ0) is 42.8. The van der Waals surface area contributed by atoms with Crippen LogP contribution < -0.4 is 10.6 Å². The SMILES string of the molecule is CC(=O)c1nc2cccc(C)c2s1.CCC(C)C(CCNC(=O)CCCCc1ccc2c(n1)NCCC2)C(=O)O.CCCC(=O)CCCC(C)=O.CCCC(C)C. The minimum Gasteiger partial charge on any atom is -0.481 e. The molecule has 0 radical (unpaired) electrons. The van der Waals surface area contributed by atoms with Crippen molar-refractivity contribution >= 4 is 56.6 Å². The van der Waals surface area contributed by atoms with E-state index in [1.807, 2.05) is 45.9 Å². The van der Waals surface area contributed by atoms with Crippen LogP contribution in [0.1, 0.15) is 165 Å². The molecule has 3 aromatic rings. The Morgan fingerprint density at radius 2 is 1.61 bits per heavy atom. The number of carbonyl (C=O) groups excluding carboxylic acids is 4. The van der Waals surface area contributed by atoms with Crippen molar-refractivity contribution < 1.29 is 29.1 Å². The van der Waals surface area contributed by atoms with Gasteiger partial charge in [0.15, 0.2) is 10.8 Å². The lowest BCUT2D eigenvalue weighted by Gasteiger charge is -2.18. The number of amides is 1. The first-order valence-corrected chi connectivity index (χ1v) is 22.0. The molecule has 0 saturated heterocycles. The number of aromatic nitrogens is 2. The Labute approximate surface area is 346 Å². The van der Waals surface area contributed by atoms with Crippen LogP contribution in [0.25, 0.3) is 10.2 Å². The van der Waals surface area contributed by atoms with Gasteiger partial charge in [0, 0.05) is 51.4 Å². The fraction of sp³-hybridized carbons (Fsp3) is 0.630. The lowest BCUT2D eigenvalue weighted by molar-refractivity contribution is -0.144. The first-order valence-electron chi connectivity index (χ1n) is 21.2. The quantitative estimate of drug-likeness (QED) is 0.0747. The molecule has 0 bridgehead atoms. The van der Waals surface area contributed by atoms with E-state index in [9.17, 15) is 29.1 Å². The van der Waals surface area contributed by atoms with Gasteiger partial charge in [0.25, 0.3) is 0 Å². The molecular formula is C46H72N4O6S. The Kier molecular flexibility index (Phi) is 26.2. The van der Waals surface area contributed by atoms with E-state index in [0.29, 0.717) is 43.7 Å². The Bertz CT molecular complexity index is 1670. The minimum absolute atomic E-state index is 0.00311. The first kappa shape index (κ1) is 51.0. The number of unbranched alkanes of at least 4 members (excludes halogenated alkanes) is 1. The van der Waals surface area contributed by atoms with Crippen LogP contribution in [-0.2, 0) is 32.0 Å². The van der Waals surface area contributed by atoms with Gasteiger partial charge in [0.05, 0.1) is 16.1 Å². The number of pyridine rings is 1. The molecule has 2 atom stereocenters. The number of Topliss-reactive ketones (excluding diaryl/α,β-unsaturated/α-hetero) is 3. The number of carbonyl (C=O) groups is 5.